The van der Waals surface area contributed by atoms with Crippen molar-refractivity contribution in [3.8, 4) is 11.8 Å². The third-order valence-corrected chi connectivity index (χ3v) is 3.27. The Morgan fingerprint density at radius 2 is 2.33 bits per heavy atom. The van der Waals surface area contributed by atoms with Crippen LogP contribution in [-0.4, -0.2) is 24.1 Å². The highest BCUT2D eigenvalue weighted by atomic mass is 79.9. The second kappa shape index (κ2) is 8.54. The van der Waals surface area contributed by atoms with Crippen molar-refractivity contribution in [2.45, 2.75) is 25.8 Å². The lowest BCUT2D eigenvalue weighted by molar-refractivity contribution is -0.386. The third-order valence-electron chi connectivity index (χ3n) is 2.66. The number of hydrogen-bond donors (Lipinski definition) is 1. The van der Waals surface area contributed by atoms with Crippen molar-refractivity contribution in [2.75, 3.05) is 13.2 Å². The summed E-state index contributed by atoms with van der Waals surface area (Å²) in [5.41, 5.74) is -0.321. The minimum Gasteiger partial charge on any atom is -0.487 e. The molecule has 1 aromatic carbocycles. The first-order valence-electron chi connectivity index (χ1n) is 6.38. The zero-order valence-electron chi connectivity index (χ0n) is 11.4. The molecule has 0 spiro atoms. The van der Waals surface area contributed by atoms with Gasteiger partial charge in [0, 0.05) is 18.6 Å². The number of nitro benzene ring substituents is 1. The van der Waals surface area contributed by atoms with Gasteiger partial charge in [0.15, 0.2) is 5.75 Å². The van der Waals surface area contributed by atoms with E-state index in [2.05, 4.69) is 27.3 Å². The monoisotopic (exact) mass is 359 g/mol. The van der Waals surface area contributed by atoms with E-state index in [1.165, 1.54) is 0 Å². The molecule has 0 aliphatic heterocycles. The van der Waals surface area contributed by atoms with Gasteiger partial charge in [-0.05, 0) is 28.9 Å². The van der Waals surface area contributed by atoms with Crippen LogP contribution in [-0.2, 0) is 0 Å². The zero-order chi connectivity index (χ0) is 15.8. The van der Waals surface area contributed by atoms with Gasteiger partial charge in [-0.15, -0.1) is 0 Å². The fraction of sp³-hybridized carbons (Fsp3) is 0.462. The highest BCUT2D eigenvalue weighted by Gasteiger charge is 2.19. The number of nitriles is 1. The SMILES string of the molecule is CCCNC(C#N)CCOc1cc(F)c(Br)cc1[N+](=O)[O-]. The summed E-state index contributed by atoms with van der Waals surface area (Å²) >= 11 is 2.89. The predicted octanol–water partition coefficient (Wildman–Crippen LogP) is 3.16. The Bertz CT molecular complexity index is 548. The van der Waals surface area contributed by atoms with Gasteiger partial charge < -0.3 is 10.1 Å². The summed E-state index contributed by atoms with van der Waals surface area (Å²) in [4.78, 5) is 10.3. The molecule has 0 aromatic heterocycles. The fourth-order valence-corrected chi connectivity index (χ4v) is 1.93. The van der Waals surface area contributed by atoms with Gasteiger partial charge in [0.25, 0.3) is 0 Å². The van der Waals surface area contributed by atoms with Crippen molar-refractivity contribution < 1.29 is 14.1 Å². The van der Waals surface area contributed by atoms with Crippen molar-refractivity contribution in [3.63, 3.8) is 0 Å². The Morgan fingerprint density at radius 3 is 2.90 bits per heavy atom. The smallest absolute Gasteiger partial charge is 0.312 e. The van der Waals surface area contributed by atoms with Crippen molar-refractivity contribution >= 4 is 21.6 Å². The summed E-state index contributed by atoms with van der Waals surface area (Å²) in [5.74, 6) is -0.788. The van der Waals surface area contributed by atoms with Crippen LogP contribution in [0.4, 0.5) is 10.1 Å². The van der Waals surface area contributed by atoms with Crippen LogP contribution in [0.2, 0.25) is 0 Å². The summed E-state index contributed by atoms with van der Waals surface area (Å²) < 4.78 is 18.7. The first kappa shape index (κ1) is 17.3. The fourth-order valence-electron chi connectivity index (χ4n) is 1.59. The second-order valence-electron chi connectivity index (χ2n) is 4.26. The van der Waals surface area contributed by atoms with Gasteiger partial charge in [-0.3, -0.25) is 10.1 Å². The van der Waals surface area contributed by atoms with Crippen LogP contribution in [0, 0.1) is 27.3 Å². The number of nitro groups is 1. The van der Waals surface area contributed by atoms with E-state index in [-0.39, 0.29) is 22.5 Å². The standard InChI is InChI=1S/C13H15BrFN3O3/c1-2-4-17-9(8-16)3-5-21-13-7-11(15)10(14)6-12(13)18(19)20/h6-7,9,17H,2-5H2,1H3. The molecule has 0 amide bonds. The van der Waals surface area contributed by atoms with Crippen molar-refractivity contribution in [2.24, 2.45) is 0 Å². The molecule has 6 nitrogen and oxygen atoms in total. The molecule has 1 aromatic rings. The van der Waals surface area contributed by atoms with Crippen LogP contribution in [0.25, 0.3) is 0 Å². The van der Waals surface area contributed by atoms with Gasteiger partial charge in [0.2, 0.25) is 0 Å². The van der Waals surface area contributed by atoms with Crippen LogP contribution < -0.4 is 10.1 Å². The average Bonchev–Trinajstić information content (AvgIpc) is 2.45. The van der Waals surface area contributed by atoms with Crippen LogP contribution in [0.15, 0.2) is 16.6 Å². The number of halogens is 2. The summed E-state index contributed by atoms with van der Waals surface area (Å²) in [6, 6.07) is 3.69. The lowest BCUT2D eigenvalue weighted by Crippen LogP contribution is -2.29. The molecule has 1 N–H and O–H groups in total. The number of rotatable bonds is 8. The number of nitrogens with zero attached hydrogens (tertiary/aromatic N) is 2. The van der Waals surface area contributed by atoms with Gasteiger partial charge in [0.1, 0.15) is 5.82 Å². The summed E-state index contributed by atoms with van der Waals surface area (Å²) in [5, 5.41) is 22.8. The van der Waals surface area contributed by atoms with E-state index in [1.54, 1.807) is 0 Å². The molecule has 0 aliphatic rings. The number of hydrogen-bond acceptors (Lipinski definition) is 5. The average molecular weight is 360 g/mol. The Hall–Kier alpha value is -1.72. The first-order chi connectivity index (χ1) is 9.99. The van der Waals surface area contributed by atoms with Gasteiger partial charge in [0.05, 0.1) is 28.1 Å². The van der Waals surface area contributed by atoms with Gasteiger partial charge >= 0.3 is 5.69 Å². The van der Waals surface area contributed by atoms with E-state index in [4.69, 9.17) is 10.00 Å². The maximum absolute atomic E-state index is 13.4. The molecule has 21 heavy (non-hydrogen) atoms. The van der Waals surface area contributed by atoms with Gasteiger partial charge in [-0.2, -0.15) is 5.26 Å². The molecular weight excluding hydrogens is 345 g/mol. The Kier molecular flexibility index (Phi) is 7.05. The van der Waals surface area contributed by atoms with Crippen molar-refractivity contribution in [1.29, 1.82) is 5.26 Å². The molecular formula is C13H15BrFN3O3. The first-order valence-corrected chi connectivity index (χ1v) is 7.18. The molecule has 0 fully saturated rings. The maximum atomic E-state index is 13.4. The molecule has 0 saturated heterocycles. The molecule has 0 bridgehead atoms. The minimum absolute atomic E-state index is 0.000985. The topological polar surface area (TPSA) is 88.2 Å². The highest BCUT2D eigenvalue weighted by molar-refractivity contribution is 9.10. The lowest BCUT2D eigenvalue weighted by Gasteiger charge is -2.12. The Morgan fingerprint density at radius 1 is 1.62 bits per heavy atom. The minimum atomic E-state index is -0.642. The number of benzene rings is 1. The third kappa shape index (κ3) is 5.28. The molecule has 0 radical (unpaired) electrons. The van der Waals surface area contributed by atoms with Crippen LogP contribution >= 0.6 is 15.9 Å². The second-order valence-corrected chi connectivity index (χ2v) is 5.12. The summed E-state index contributed by atoms with van der Waals surface area (Å²) in [6.07, 6.45) is 1.24. The molecule has 1 atom stereocenters. The Balaban J connectivity index is 2.69. The maximum Gasteiger partial charge on any atom is 0.312 e. The highest BCUT2D eigenvalue weighted by Crippen LogP contribution is 2.32. The van der Waals surface area contributed by atoms with Crippen LogP contribution in [0.1, 0.15) is 19.8 Å². The van der Waals surface area contributed by atoms with Crippen molar-refractivity contribution in [3.05, 3.63) is 32.5 Å². The molecule has 1 unspecified atom stereocenters. The normalized spacial score (nSPS) is 11.7. The van der Waals surface area contributed by atoms with Crippen LogP contribution in [0.5, 0.6) is 5.75 Å². The Labute approximate surface area is 130 Å². The largest absolute Gasteiger partial charge is 0.487 e. The van der Waals surface area contributed by atoms with E-state index in [9.17, 15) is 14.5 Å². The van der Waals surface area contributed by atoms with Crippen molar-refractivity contribution in [1.82, 2.24) is 5.32 Å². The van der Waals surface area contributed by atoms with E-state index >= 15 is 0 Å². The van der Waals surface area contributed by atoms with E-state index < -0.39 is 16.8 Å². The predicted molar refractivity (Wildman–Crippen MR) is 78.6 cm³/mol. The lowest BCUT2D eigenvalue weighted by atomic mass is 10.2. The van der Waals surface area contributed by atoms with Crippen LogP contribution in [0.3, 0.4) is 0 Å². The van der Waals surface area contributed by atoms with E-state index in [1.807, 2.05) is 6.92 Å². The molecule has 0 heterocycles. The van der Waals surface area contributed by atoms with E-state index in [0.29, 0.717) is 13.0 Å². The zero-order valence-corrected chi connectivity index (χ0v) is 13.0. The molecule has 0 saturated carbocycles. The number of ether oxygens (including phenoxy) is 1. The summed E-state index contributed by atoms with van der Waals surface area (Å²) in [6.45, 7) is 2.76. The molecule has 0 aliphatic carbocycles. The van der Waals surface area contributed by atoms with E-state index in [0.717, 1.165) is 18.6 Å². The summed E-state index contributed by atoms with van der Waals surface area (Å²) in [7, 11) is 0. The molecule has 1 rings (SSSR count). The number of nitrogens with one attached hydrogen (secondary N) is 1. The molecule has 114 valence electrons. The van der Waals surface area contributed by atoms with Gasteiger partial charge in [-0.1, -0.05) is 6.92 Å². The molecule has 8 heteroatoms. The van der Waals surface area contributed by atoms with Gasteiger partial charge in [-0.25, -0.2) is 4.39 Å². The quantitative estimate of drug-likeness (QED) is 0.568.